The molecule has 3 atom stereocenters. The van der Waals surface area contributed by atoms with Gasteiger partial charge in [0.05, 0.1) is 18.4 Å². The van der Waals surface area contributed by atoms with Gasteiger partial charge in [0.2, 0.25) is 0 Å². The molecule has 0 aromatic rings. The molecular weight excluding hydrogens is 322 g/mol. The lowest BCUT2D eigenvalue weighted by Gasteiger charge is -2.37. The number of hydrogen-bond acceptors (Lipinski definition) is 4. The molecule has 2 fully saturated rings. The summed E-state index contributed by atoms with van der Waals surface area (Å²) in [5.41, 5.74) is 0.880. The molecule has 140 valence electrons. The van der Waals surface area contributed by atoms with Crippen LogP contribution in [0.15, 0.2) is 11.8 Å². The normalized spacial score (nSPS) is 30.5. The van der Waals surface area contributed by atoms with Crippen molar-refractivity contribution < 1.29 is 24.4 Å². The number of aliphatic hydroxyl groups is 1. The minimum Gasteiger partial charge on any atom is -0.500 e. The summed E-state index contributed by atoms with van der Waals surface area (Å²) in [6, 6.07) is 0. The molecule has 7 heteroatoms. The maximum absolute atomic E-state index is 12.9. The lowest BCUT2D eigenvalue weighted by Crippen LogP contribution is -2.68. The van der Waals surface area contributed by atoms with Crippen LogP contribution in [0.3, 0.4) is 0 Å². The van der Waals surface area contributed by atoms with Crippen molar-refractivity contribution in [1.29, 1.82) is 0 Å². The van der Waals surface area contributed by atoms with Crippen LogP contribution < -0.4 is 4.99 Å². The van der Waals surface area contributed by atoms with Crippen molar-refractivity contribution >= 4 is 12.0 Å². The van der Waals surface area contributed by atoms with Crippen LogP contribution >= 0.6 is 0 Å². The second kappa shape index (κ2) is 8.08. The summed E-state index contributed by atoms with van der Waals surface area (Å²) in [4.78, 5) is 19.7. The number of nitrogens with zero attached hydrogens (tertiary/aromatic N) is 2. The molecule has 2 unspecified atom stereocenters. The van der Waals surface area contributed by atoms with Crippen molar-refractivity contribution in [2.45, 2.75) is 19.8 Å². The van der Waals surface area contributed by atoms with E-state index in [0.717, 1.165) is 51.3 Å². The summed E-state index contributed by atoms with van der Waals surface area (Å²) in [6.45, 7) is 7.30. The van der Waals surface area contributed by atoms with Crippen molar-refractivity contribution in [1.82, 2.24) is 9.80 Å². The largest absolute Gasteiger partial charge is 0.544 e. The first-order valence-electron chi connectivity index (χ1n) is 9.30. The molecule has 1 saturated heterocycles. The number of amides is 1. The zero-order chi connectivity index (χ0) is 17.8. The molecule has 0 aromatic heterocycles. The van der Waals surface area contributed by atoms with E-state index in [1.807, 2.05) is 4.90 Å². The zero-order valence-corrected chi connectivity index (χ0v) is 15.2. The quantitative estimate of drug-likeness (QED) is 0.519. The Hall–Kier alpha value is -1.76. The van der Waals surface area contributed by atoms with Crippen LogP contribution in [-0.4, -0.2) is 79.9 Å². The molecule has 2 aliphatic heterocycles. The molecule has 25 heavy (non-hydrogen) atoms. The van der Waals surface area contributed by atoms with Crippen molar-refractivity contribution in [3.8, 4) is 0 Å². The fraction of sp³-hybridized carbons (Fsp3) is 0.778. The van der Waals surface area contributed by atoms with Crippen molar-refractivity contribution in [2.24, 2.45) is 17.8 Å². The van der Waals surface area contributed by atoms with Crippen LogP contribution in [0.4, 0.5) is 0 Å². The summed E-state index contributed by atoms with van der Waals surface area (Å²) in [7, 11) is 1.61. The van der Waals surface area contributed by atoms with Crippen LogP contribution in [-0.2, 0) is 14.3 Å². The van der Waals surface area contributed by atoms with Crippen LogP contribution in [0.5, 0.6) is 0 Å². The number of aliphatic hydroxyl groups excluding tert-OH is 1. The number of nitrogens with one attached hydrogen (secondary N) is 1. The molecule has 3 rings (SSSR count). The smallest absolute Gasteiger partial charge is 0.500 e. The molecule has 0 spiro atoms. The Labute approximate surface area is 149 Å². The maximum atomic E-state index is 12.9. The molecule has 1 aliphatic carbocycles. The summed E-state index contributed by atoms with van der Waals surface area (Å²) in [5.74, 6) is 1.67. The zero-order valence-electron chi connectivity index (χ0n) is 15.2. The van der Waals surface area contributed by atoms with Crippen LogP contribution in [0.25, 0.3) is 0 Å². The highest BCUT2D eigenvalue weighted by Gasteiger charge is 2.41. The number of fused-ring (bicyclic) bond motifs is 1. The van der Waals surface area contributed by atoms with Gasteiger partial charge in [-0.25, -0.2) is 0 Å². The molecule has 2 N–H and O–H groups in total. The van der Waals surface area contributed by atoms with Crippen molar-refractivity contribution in [3.05, 3.63) is 11.8 Å². The Kier molecular flexibility index (Phi) is 5.83. The highest BCUT2D eigenvalue weighted by atomic mass is 16.6. The first-order chi connectivity index (χ1) is 12.1. The van der Waals surface area contributed by atoms with E-state index >= 15 is 0 Å². The molecular formula is C18H30N3O4+. The van der Waals surface area contributed by atoms with Gasteiger partial charge in [-0.05, 0) is 24.7 Å². The van der Waals surface area contributed by atoms with Gasteiger partial charge < -0.3 is 19.5 Å². The van der Waals surface area contributed by atoms with Gasteiger partial charge in [-0.2, -0.15) is 4.99 Å². The van der Waals surface area contributed by atoms with E-state index in [0.29, 0.717) is 24.4 Å². The molecule has 3 aliphatic rings. The molecule has 1 saturated carbocycles. The predicted molar refractivity (Wildman–Crippen MR) is 92.9 cm³/mol. The lowest BCUT2D eigenvalue weighted by atomic mass is 9.84. The second-order valence-corrected chi connectivity index (χ2v) is 7.27. The topological polar surface area (TPSA) is 76.2 Å². The maximum Gasteiger partial charge on any atom is 0.544 e. The summed E-state index contributed by atoms with van der Waals surface area (Å²) >= 11 is 0. The summed E-state index contributed by atoms with van der Waals surface area (Å²) < 4.78 is 10.8. The van der Waals surface area contributed by atoms with Gasteiger partial charge in [0.15, 0.2) is 0 Å². The second-order valence-electron chi connectivity index (χ2n) is 7.27. The molecule has 7 nitrogen and oxygen atoms in total. The first-order valence-corrected chi connectivity index (χ1v) is 9.30. The van der Waals surface area contributed by atoms with Gasteiger partial charge >= 0.3 is 6.08 Å². The van der Waals surface area contributed by atoms with Crippen molar-refractivity contribution in [3.63, 3.8) is 0 Å². The number of piperazine rings is 1. The Morgan fingerprint density at radius 3 is 2.84 bits per heavy atom. The number of hydrogen-bond donors (Lipinski definition) is 2. The number of carbonyl (C=O) groups is 1. The molecule has 0 radical (unpaired) electrons. The first kappa shape index (κ1) is 18.0. The van der Waals surface area contributed by atoms with Crippen LogP contribution in [0, 0.1) is 17.8 Å². The molecule has 2 heterocycles. The van der Waals surface area contributed by atoms with Gasteiger partial charge in [-0.15, -0.1) is 0 Å². The monoisotopic (exact) mass is 352 g/mol. The Balaban J connectivity index is 1.48. The third-order valence-electron chi connectivity index (χ3n) is 5.85. The Bertz CT molecular complexity index is 540. The minimum atomic E-state index is -0.154. The van der Waals surface area contributed by atoms with Gasteiger partial charge in [0.1, 0.15) is 13.7 Å². The van der Waals surface area contributed by atoms with E-state index in [1.165, 1.54) is 6.42 Å². The lowest BCUT2D eigenvalue weighted by molar-refractivity contribution is -0.444. The number of carbonyl (C=O) groups excluding carboxylic acids is 1. The number of rotatable bonds is 4. The summed E-state index contributed by atoms with van der Waals surface area (Å²) in [6.07, 6.45) is 3.86. The Morgan fingerprint density at radius 2 is 2.12 bits per heavy atom. The fourth-order valence-corrected chi connectivity index (χ4v) is 4.18. The minimum absolute atomic E-state index is 0.154. The average molecular weight is 352 g/mol. The van der Waals surface area contributed by atoms with E-state index in [2.05, 4.69) is 16.8 Å². The third kappa shape index (κ3) is 4.08. The fourth-order valence-electron chi connectivity index (χ4n) is 4.18. The number of ether oxygens (including phenoxy) is 2. The SMILES string of the molecule is C[NH+]=C(O)OCCN1CCN(C(=O)C2=COCC3C2CC[C@H]3C)CC1. The highest BCUT2D eigenvalue weighted by molar-refractivity contribution is 5.94. The van der Waals surface area contributed by atoms with E-state index in [9.17, 15) is 9.90 Å². The van der Waals surface area contributed by atoms with E-state index < -0.39 is 0 Å². The van der Waals surface area contributed by atoms with Gasteiger partial charge in [-0.3, -0.25) is 9.69 Å². The van der Waals surface area contributed by atoms with Gasteiger partial charge in [-0.1, -0.05) is 6.92 Å². The molecule has 1 amide bonds. The predicted octanol–water partition coefficient (Wildman–Crippen LogP) is -0.652. The average Bonchev–Trinajstić information content (AvgIpc) is 3.03. The summed E-state index contributed by atoms with van der Waals surface area (Å²) in [5, 5.41) is 9.23. The van der Waals surface area contributed by atoms with E-state index in [4.69, 9.17) is 9.47 Å². The van der Waals surface area contributed by atoms with E-state index in [1.54, 1.807) is 13.3 Å². The van der Waals surface area contributed by atoms with Crippen LogP contribution in [0.1, 0.15) is 19.8 Å². The molecule has 0 bridgehead atoms. The third-order valence-corrected chi connectivity index (χ3v) is 5.85. The van der Waals surface area contributed by atoms with E-state index in [-0.39, 0.29) is 12.0 Å². The van der Waals surface area contributed by atoms with Crippen molar-refractivity contribution in [2.75, 3.05) is 53.0 Å². The standard InChI is InChI=1S/C18H29N3O4/c1-13-3-4-14-15(13)11-24-12-16(14)17(22)21-7-5-20(6-8-21)9-10-25-18(23)19-2/h12-15H,3-11H2,1-2H3,(H,19,23)/p+1/t13-,14?,15?/m1/s1. The Morgan fingerprint density at radius 1 is 1.36 bits per heavy atom. The highest BCUT2D eigenvalue weighted by Crippen LogP contribution is 2.43. The van der Waals surface area contributed by atoms with Gasteiger partial charge in [0.25, 0.3) is 5.91 Å². The molecule has 0 aromatic carbocycles. The van der Waals surface area contributed by atoms with Crippen LogP contribution in [0.2, 0.25) is 0 Å². The van der Waals surface area contributed by atoms with Gasteiger partial charge in [0, 0.05) is 38.6 Å².